The molecule has 1 aromatic carbocycles. The smallest absolute Gasteiger partial charge is 0.409 e. The number of guanidine groups is 1. The summed E-state index contributed by atoms with van der Waals surface area (Å²) in [7, 11) is 5.08. The highest BCUT2D eigenvalue weighted by Crippen LogP contribution is 2.24. The molecule has 1 aliphatic rings. The predicted octanol–water partition coefficient (Wildman–Crippen LogP) is 2.65. The first kappa shape index (κ1) is 25.1. The Morgan fingerprint density at radius 2 is 1.97 bits per heavy atom. The minimum absolute atomic E-state index is 0. The van der Waals surface area contributed by atoms with Gasteiger partial charge in [0, 0.05) is 32.7 Å². The van der Waals surface area contributed by atoms with Crippen molar-refractivity contribution in [1.82, 2.24) is 15.5 Å². The van der Waals surface area contributed by atoms with Gasteiger partial charge in [0.2, 0.25) is 0 Å². The van der Waals surface area contributed by atoms with Gasteiger partial charge >= 0.3 is 6.09 Å². The molecule has 1 fully saturated rings. The van der Waals surface area contributed by atoms with E-state index in [4.69, 9.17) is 14.2 Å². The highest BCUT2D eigenvalue weighted by molar-refractivity contribution is 14.0. The van der Waals surface area contributed by atoms with Crippen LogP contribution in [0.25, 0.3) is 0 Å². The summed E-state index contributed by atoms with van der Waals surface area (Å²) in [5.41, 5.74) is 1.08. The van der Waals surface area contributed by atoms with Gasteiger partial charge in [0.1, 0.15) is 11.5 Å². The van der Waals surface area contributed by atoms with Crippen molar-refractivity contribution in [1.29, 1.82) is 0 Å². The number of carbonyl (C=O) groups excluding carboxylic acids is 1. The van der Waals surface area contributed by atoms with E-state index in [9.17, 15) is 4.79 Å². The largest absolute Gasteiger partial charge is 0.497 e. The van der Waals surface area contributed by atoms with Crippen LogP contribution in [-0.2, 0) is 11.2 Å². The Hall–Kier alpha value is -1.91. The highest BCUT2D eigenvalue weighted by atomic mass is 127. The number of methoxy groups -OCH3 is 2. The van der Waals surface area contributed by atoms with Crippen molar-refractivity contribution in [2.45, 2.75) is 32.2 Å². The van der Waals surface area contributed by atoms with Crippen LogP contribution in [0.15, 0.2) is 23.2 Å². The molecule has 2 rings (SSSR count). The van der Waals surface area contributed by atoms with Gasteiger partial charge in [-0.25, -0.2) is 4.79 Å². The van der Waals surface area contributed by atoms with Gasteiger partial charge in [0.15, 0.2) is 5.96 Å². The van der Waals surface area contributed by atoms with Gasteiger partial charge in [-0.2, -0.15) is 0 Å². The zero-order valence-electron chi connectivity index (χ0n) is 17.7. The third-order valence-electron chi connectivity index (χ3n) is 4.76. The van der Waals surface area contributed by atoms with Crippen molar-refractivity contribution in [3.63, 3.8) is 0 Å². The second kappa shape index (κ2) is 13.3. The molecule has 0 atom stereocenters. The van der Waals surface area contributed by atoms with Gasteiger partial charge < -0.3 is 29.7 Å². The van der Waals surface area contributed by atoms with Crippen molar-refractivity contribution in [3.05, 3.63) is 23.8 Å². The second-order valence-electron chi connectivity index (χ2n) is 6.53. The molecule has 0 spiro atoms. The first-order chi connectivity index (χ1) is 13.6. The van der Waals surface area contributed by atoms with E-state index in [0.29, 0.717) is 26.2 Å². The Bertz CT molecular complexity index is 664. The summed E-state index contributed by atoms with van der Waals surface area (Å²) >= 11 is 0. The van der Waals surface area contributed by atoms with Gasteiger partial charge in [-0.1, -0.05) is 0 Å². The minimum Gasteiger partial charge on any atom is -0.497 e. The lowest BCUT2D eigenvalue weighted by atomic mass is 10.1. The fourth-order valence-electron chi connectivity index (χ4n) is 3.20. The predicted molar refractivity (Wildman–Crippen MR) is 125 cm³/mol. The molecular formula is C20H33IN4O4. The summed E-state index contributed by atoms with van der Waals surface area (Å²) < 4.78 is 15.8. The Morgan fingerprint density at radius 1 is 1.24 bits per heavy atom. The summed E-state index contributed by atoms with van der Waals surface area (Å²) in [6.45, 7) is 4.32. The Kier molecular flexibility index (Phi) is 11.6. The molecule has 0 aliphatic carbocycles. The summed E-state index contributed by atoms with van der Waals surface area (Å²) in [6.07, 6.45) is 2.28. The van der Waals surface area contributed by atoms with Crippen LogP contribution in [0.3, 0.4) is 0 Å². The topological polar surface area (TPSA) is 84.4 Å². The molecule has 29 heavy (non-hydrogen) atoms. The molecule has 8 nitrogen and oxygen atoms in total. The molecule has 1 amide bonds. The number of nitrogens with zero attached hydrogens (tertiary/aromatic N) is 2. The molecule has 0 radical (unpaired) electrons. The Labute approximate surface area is 190 Å². The Morgan fingerprint density at radius 3 is 2.55 bits per heavy atom. The normalized spacial score (nSPS) is 14.6. The standard InChI is InChI=1S/C20H32N4O4.HI/c1-5-28-20(25)24-12-9-16(10-13-24)23-19(21-2)22-11-8-15-14-17(26-3)6-7-18(15)27-4;/h6-7,14,16H,5,8-13H2,1-4H3,(H2,21,22,23);1H. The first-order valence-electron chi connectivity index (χ1n) is 9.71. The zero-order chi connectivity index (χ0) is 20.4. The van der Waals surface area contributed by atoms with Crippen molar-refractivity contribution >= 4 is 36.0 Å². The maximum absolute atomic E-state index is 11.8. The lowest BCUT2D eigenvalue weighted by Crippen LogP contribution is -2.50. The van der Waals surface area contributed by atoms with Crippen molar-refractivity contribution < 1.29 is 19.0 Å². The molecule has 0 aromatic heterocycles. The van der Waals surface area contributed by atoms with E-state index in [1.807, 2.05) is 25.1 Å². The lowest BCUT2D eigenvalue weighted by molar-refractivity contribution is 0.0963. The van der Waals surface area contributed by atoms with E-state index in [-0.39, 0.29) is 36.1 Å². The van der Waals surface area contributed by atoms with Crippen LogP contribution >= 0.6 is 24.0 Å². The minimum atomic E-state index is -0.226. The molecule has 1 saturated heterocycles. The molecule has 2 N–H and O–H groups in total. The lowest BCUT2D eigenvalue weighted by Gasteiger charge is -2.32. The number of likely N-dealkylation sites (tertiary alicyclic amines) is 1. The number of nitrogens with one attached hydrogen (secondary N) is 2. The maximum Gasteiger partial charge on any atom is 0.409 e. The number of halogens is 1. The third kappa shape index (κ3) is 7.79. The molecule has 164 valence electrons. The molecular weight excluding hydrogens is 487 g/mol. The monoisotopic (exact) mass is 520 g/mol. The van der Waals surface area contributed by atoms with Crippen LogP contribution in [0.1, 0.15) is 25.3 Å². The molecule has 1 aliphatic heterocycles. The van der Waals surface area contributed by atoms with Crippen molar-refractivity contribution in [2.75, 3.05) is 47.5 Å². The van der Waals surface area contributed by atoms with Gasteiger partial charge in [0.05, 0.1) is 20.8 Å². The van der Waals surface area contributed by atoms with E-state index in [1.54, 1.807) is 26.2 Å². The van der Waals surface area contributed by atoms with Crippen LogP contribution < -0.4 is 20.1 Å². The first-order valence-corrected chi connectivity index (χ1v) is 9.71. The van der Waals surface area contributed by atoms with Crippen LogP contribution in [0.2, 0.25) is 0 Å². The number of ether oxygens (including phenoxy) is 3. The van der Waals surface area contributed by atoms with E-state index < -0.39 is 0 Å². The van der Waals surface area contributed by atoms with E-state index >= 15 is 0 Å². The van der Waals surface area contributed by atoms with E-state index in [0.717, 1.165) is 42.3 Å². The number of benzene rings is 1. The number of piperidine rings is 1. The molecule has 0 bridgehead atoms. The van der Waals surface area contributed by atoms with E-state index in [2.05, 4.69) is 15.6 Å². The van der Waals surface area contributed by atoms with Gasteiger partial charge in [-0.05, 0) is 49.9 Å². The highest BCUT2D eigenvalue weighted by Gasteiger charge is 2.24. The molecule has 0 unspecified atom stereocenters. The number of hydrogen-bond donors (Lipinski definition) is 2. The van der Waals surface area contributed by atoms with Crippen LogP contribution in [0, 0.1) is 0 Å². The fourth-order valence-corrected chi connectivity index (χ4v) is 3.20. The summed E-state index contributed by atoms with van der Waals surface area (Å²) in [5.74, 6) is 2.42. The number of rotatable bonds is 7. The van der Waals surface area contributed by atoms with Crippen LogP contribution in [0.5, 0.6) is 11.5 Å². The number of aliphatic imine (C=N–C) groups is 1. The van der Waals surface area contributed by atoms with Gasteiger partial charge in [0.25, 0.3) is 0 Å². The number of amides is 1. The average Bonchev–Trinajstić information content (AvgIpc) is 2.73. The fraction of sp³-hybridized carbons (Fsp3) is 0.600. The third-order valence-corrected chi connectivity index (χ3v) is 4.76. The summed E-state index contributed by atoms with van der Waals surface area (Å²) in [5, 5.41) is 6.78. The molecule has 1 aromatic rings. The van der Waals surface area contributed by atoms with Gasteiger partial charge in [-0.3, -0.25) is 4.99 Å². The zero-order valence-corrected chi connectivity index (χ0v) is 20.0. The van der Waals surface area contributed by atoms with Crippen molar-refractivity contribution in [3.8, 4) is 11.5 Å². The molecule has 9 heteroatoms. The molecule has 0 saturated carbocycles. The van der Waals surface area contributed by atoms with Crippen molar-refractivity contribution in [2.24, 2.45) is 4.99 Å². The maximum atomic E-state index is 11.8. The summed E-state index contributed by atoms with van der Waals surface area (Å²) in [4.78, 5) is 17.8. The van der Waals surface area contributed by atoms with E-state index in [1.165, 1.54) is 0 Å². The molecule has 1 heterocycles. The second-order valence-corrected chi connectivity index (χ2v) is 6.53. The quantitative estimate of drug-likeness (QED) is 0.327. The average molecular weight is 520 g/mol. The van der Waals surface area contributed by atoms with Crippen LogP contribution in [0.4, 0.5) is 4.79 Å². The summed E-state index contributed by atoms with van der Waals surface area (Å²) in [6, 6.07) is 6.07. The van der Waals surface area contributed by atoms with Gasteiger partial charge in [-0.15, -0.1) is 24.0 Å². The number of carbonyl (C=O) groups is 1. The SMILES string of the molecule is CCOC(=O)N1CCC(NC(=NC)NCCc2cc(OC)ccc2OC)CC1.I. The Balaban J connectivity index is 0.00000420. The van der Waals surface area contributed by atoms with Crippen LogP contribution in [-0.4, -0.2) is 70.5 Å². The number of hydrogen-bond acceptors (Lipinski definition) is 5.